The van der Waals surface area contributed by atoms with Crippen molar-refractivity contribution in [1.29, 1.82) is 0 Å². The highest BCUT2D eigenvalue weighted by Gasteiger charge is 2.07. The number of hydrogen-bond donors (Lipinski definition) is 0. The Morgan fingerprint density at radius 3 is 2.75 bits per heavy atom. The van der Waals surface area contributed by atoms with Gasteiger partial charge in [0.2, 0.25) is 0 Å². The minimum atomic E-state index is 0.125. The Hall–Kier alpha value is -0.380. The van der Waals surface area contributed by atoms with E-state index in [1.54, 1.807) is 6.92 Å². The van der Waals surface area contributed by atoms with Gasteiger partial charge in [-0.3, -0.25) is 4.79 Å². The lowest BCUT2D eigenvalue weighted by molar-refractivity contribution is 0.102. The maximum absolute atomic E-state index is 11.0. The fraction of sp³-hybridized carbons (Fsp3) is 0.125. The highest BCUT2D eigenvalue weighted by molar-refractivity contribution is 7.40. The molecule has 0 aliphatic heterocycles. The highest BCUT2D eigenvalue weighted by Crippen LogP contribution is 2.35. The van der Waals surface area contributed by atoms with Crippen molar-refractivity contribution in [2.75, 3.05) is 0 Å². The lowest BCUT2D eigenvalue weighted by atomic mass is 10.3. The third-order valence-electron chi connectivity index (χ3n) is 1.53. The van der Waals surface area contributed by atoms with Crippen molar-refractivity contribution in [3.8, 4) is 0 Å². The van der Waals surface area contributed by atoms with Gasteiger partial charge in [-0.25, -0.2) is 0 Å². The molecule has 0 saturated heterocycles. The second-order valence-electron chi connectivity index (χ2n) is 2.46. The van der Waals surface area contributed by atoms with Crippen molar-refractivity contribution < 1.29 is 4.79 Å². The summed E-state index contributed by atoms with van der Waals surface area (Å²) >= 11 is 8.83. The van der Waals surface area contributed by atoms with Gasteiger partial charge in [0.1, 0.15) is 0 Å². The predicted molar refractivity (Wildman–Crippen MR) is 54.7 cm³/mol. The first-order chi connectivity index (χ1) is 5.66. The molecule has 0 saturated carbocycles. The fourth-order valence-corrected chi connectivity index (χ4v) is 3.54. The van der Waals surface area contributed by atoms with E-state index < -0.39 is 0 Å². The van der Waals surface area contributed by atoms with Crippen molar-refractivity contribution >= 4 is 49.5 Å². The van der Waals surface area contributed by atoms with Crippen molar-refractivity contribution in [3.05, 3.63) is 21.3 Å². The van der Waals surface area contributed by atoms with Gasteiger partial charge in [0.25, 0.3) is 0 Å². The second-order valence-corrected chi connectivity index (χ2v) is 5.45. The number of Topliss-reactive ketones (excluding diaryl/α,β-unsaturated/α-hetero) is 1. The number of hydrogen-bond acceptors (Lipinski definition) is 3. The summed E-state index contributed by atoms with van der Waals surface area (Å²) < 4.78 is 1.91. The molecular formula is C8H5ClOS2. The molecule has 2 heterocycles. The van der Waals surface area contributed by atoms with Crippen molar-refractivity contribution in [3.63, 3.8) is 0 Å². The molecule has 2 aromatic heterocycles. The van der Waals surface area contributed by atoms with E-state index in [2.05, 4.69) is 0 Å². The van der Waals surface area contributed by atoms with Crippen molar-refractivity contribution in [1.82, 2.24) is 0 Å². The van der Waals surface area contributed by atoms with Gasteiger partial charge < -0.3 is 0 Å². The SMILES string of the molecule is CC(=O)c1cc2cc(Cl)sc2s1. The molecule has 12 heavy (non-hydrogen) atoms. The molecule has 62 valence electrons. The Bertz CT molecular complexity index is 409. The molecule has 0 atom stereocenters. The molecule has 0 fully saturated rings. The van der Waals surface area contributed by atoms with Crippen LogP contribution in [0.2, 0.25) is 4.34 Å². The molecule has 1 nitrogen and oxygen atoms in total. The van der Waals surface area contributed by atoms with Crippen LogP contribution in [-0.2, 0) is 0 Å². The Morgan fingerprint density at radius 2 is 2.17 bits per heavy atom. The molecule has 0 aliphatic rings. The van der Waals surface area contributed by atoms with Gasteiger partial charge in [-0.05, 0) is 19.1 Å². The standard InChI is InChI=1S/C8H5ClOS2/c1-4(10)6-2-5-3-7(9)12-8(5)11-6/h2-3H,1H3. The quantitative estimate of drug-likeness (QED) is 0.663. The summed E-state index contributed by atoms with van der Waals surface area (Å²) in [4.78, 5) is 11.8. The van der Waals surface area contributed by atoms with Crippen LogP contribution in [0.15, 0.2) is 12.1 Å². The minimum Gasteiger partial charge on any atom is -0.294 e. The molecular weight excluding hydrogens is 212 g/mol. The van der Waals surface area contributed by atoms with E-state index in [-0.39, 0.29) is 5.78 Å². The Labute approximate surface area is 82.6 Å². The average Bonchev–Trinajstić information content (AvgIpc) is 2.42. The van der Waals surface area contributed by atoms with E-state index >= 15 is 0 Å². The van der Waals surface area contributed by atoms with E-state index in [4.69, 9.17) is 11.6 Å². The summed E-state index contributed by atoms with van der Waals surface area (Å²) in [6, 6.07) is 3.79. The number of thiophene rings is 2. The van der Waals surface area contributed by atoms with Crippen LogP contribution in [0.5, 0.6) is 0 Å². The zero-order valence-electron chi connectivity index (χ0n) is 6.26. The smallest absolute Gasteiger partial charge is 0.169 e. The van der Waals surface area contributed by atoms with Crippen LogP contribution in [0.3, 0.4) is 0 Å². The molecule has 0 N–H and O–H groups in total. The summed E-state index contributed by atoms with van der Waals surface area (Å²) in [6.45, 7) is 1.58. The predicted octanol–water partition coefficient (Wildman–Crippen LogP) is 3.82. The van der Waals surface area contributed by atoms with Crippen LogP contribution in [0.1, 0.15) is 16.6 Å². The number of ketones is 1. The third-order valence-corrected chi connectivity index (χ3v) is 4.15. The topological polar surface area (TPSA) is 17.1 Å². The largest absolute Gasteiger partial charge is 0.294 e. The number of carbonyl (C=O) groups is 1. The first kappa shape index (κ1) is 8.23. The number of halogens is 1. The normalized spacial score (nSPS) is 10.8. The van der Waals surface area contributed by atoms with E-state index in [1.165, 1.54) is 22.7 Å². The lowest BCUT2D eigenvalue weighted by Crippen LogP contribution is -1.83. The molecule has 0 spiro atoms. The third kappa shape index (κ3) is 1.28. The molecule has 2 aromatic rings. The molecule has 0 aliphatic carbocycles. The zero-order chi connectivity index (χ0) is 8.72. The van der Waals surface area contributed by atoms with E-state index in [9.17, 15) is 4.79 Å². The lowest BCUT2D eigenvalue weighted by Gasteiger charge is -1.81. The van der Waals surface area contributed by atoms with Gasteiger partial charge in [-0.2, -0.15) is 0 Å². The Morgan fingerprint density at radius 1 is 1.42 bits per heavy atom. The van der Waals surface area contributed by atoms with Gasteiger partial charge >= 0.3 is 0 Å². The monoisotopic (exact) mass is 216 g/mol. The van der Waals surface area contributed by atoms with Crippen LogP contribution < -0.4 is 0 Å². The van der Waals surface area contributed by atoms with E-state index in [0.717, 1.165) is 18.6 Å². The minimum absolute atomic E-state index is 0.125. The van der Waals surface area contributed by atoms with Gasteiger partial charge in [0, 0.05) is 5.39 Å². The van der Waals surface area contributed by atoms with Crippen LogP contribution in [-0.4, -0.2) is 5.78 Å². The number of rotatable bonds is 1. The van der Waals surface area contributed by atoms with Crippen LogP contribution in [0, 0.1) is 0 Å². The van der Waals surface area contributed by atoms with Crippen molar-refractivity contribution in [2.24, 2.45) is 0 Å². The van der Waals surface area contributed by atoms with Gasteiger partial charge in [-0.15, -0.1) is 22.7 Å². The molecule has 4 heteroatoms. The Kier molecular flexibility index (Phi) is 1.94. The molecule has 2 rings (SSSR count). The second kappa shape index (κ2) is 2.83. The molecule has 0 amide bonds. The summed E-state index contributed by atoms with van der Waals surface area (Å²) in [5.74, 6) is 0.125. The first-order valence-electron chi connectivity index (χ1n) is 3.36. The maximum atomic E-state index is 11.0. The zero-order valence-corrected chi connectivity index (χ0v) is 8.65. The van der Waals surface area contributed by atoms with Crippen LogP contribution in [0.25, 0.3) is 9.40 Å². The van der Waals surface area contributed by atoms with E-state index in [1.807, 2.05) is 12.1 Å². The molecule has 0 unspecified atom stereocenters. The summed E-state index contributed by atoms with van der Waals surface area (Å²) in [5.41, 5.74) is 0. The fourth-order valence-electron chi connectivity index (χ4n) is 0.983. The van der Waals surface area contributed by atoms with Gasteiger partial charge in [-0.1, -0.05) is 11.6 Å². The highest BCUT2D eigenvalue weighted by atomic mass is 35.5. The Balaban J connectivity index is 2.64. The van der Waals surface area contributed by atoms with Gasteiger partial charge in [0.05, 0.1) is 13.2 Å². The summed E-state index contributed by atoms with van der Waals surface area (Å²) in [5, 5.41) is 1.08. The average molecular weight is 217 g/mol. The molecule has 0 aromatic carbocycles. The molecule has 0 radical (unpaired) electrons. The maximum Gasteiger partial charge on any atom is 0.169 e. The number of fused-ring (bicyclic) bond motifs is 1. The summed E-state index contributed by atoms with van der Waals surface area (Å²) in [7, 11) is 0. The van der Waals surface area contributed by atoms with Crippen LogP contribution >= 0.6 is 34.3 Å². The van der Waals surface area contributed by atoms with Gasteiger partial charge in [0.15, 0.2) is 5.78 Å². The van der Waals surface area contributed by atoms with Crippen molar-refractivity contribution in [2.45, 2.75) is 6.92 Å². The first-order valence-corrected chi connectivity index (χ1v) is 5.38. The molecule has 0 bridgehead atoms. The van der Waals surface area contributed by atoms with E-state index in [0.29, 0.717) is 0 Å². The summed E-state index contributed by atoms with van der Waals surface area (Å²) in [6.07, 6.45) is 0. The van der Waals surface area contributed by atoms with Crippen LogP contribution in [0.4, 0.5) is 0 Å². The number of carbonyl (C=O) groups excluding carboxylic acids is 1.